The van der Waals surface area contributed by atoms with Gasteiger partial charge in [-0.05, 0) is 37.1 Å². The Labute approximate surface area is 284 Å². The molecule has 0 unspecified atom stereocenters. The van der Waals surface area contributed by atoms with Crippen LogP contribution in [-0.2, 0) is 30.5 Å². The minimum atomic E-state index is -1.23. The summed E-state index contributed by atoms with van der Waals surface area (Å²) in [5.41, 5.74) is 6.77. The van der Waals surface area contributed by atoms with Gasteiger partial charge < -0.3 is 42.7 Å². The number of fused-ring (bicyclic) bond motifs is 1. The van der Waals surface area contributed by atoms with Gasteiger partial charge in [0, 0.05) is 42.9 Å². The number of rotatable bonds is 19. The average molecular weight is 700 g/mol. The maximum Gasteiger partial charge on any atom is 0.303 e. The van der Waals surface area contributed by atoms with E-state index >= 15 is 0 Å². The highest BCUT2D eigenvalue weighted by molar-refractivity contribution is 7.80. The minimum Gasteiger partial charge on any atom is -0.481 e. The van der Waals surface area contributed by atoms with E-state index in [1.165, 1.54) is 6.20 Å². The summed E-state index contributed by atoms with van der Waals surface area (Å²) in [6.07, 6.45) is 1.10. The normalized spacial score (nSPS) is 11.2. The Morgan fingerprint density at radius 3 is 2.35 bits per heavy atom. The highest BCUT2D eigenvalue weighted by atomic mass is 32.1. The molecule has 2 heterocycles. The highest BCUT2D eigenvalue weighted by Gasteiger charge is 2.22. The van der Waals surface area contributed by atoms with Gasteiger partial charge in [-0.2, -0.15) is 17.6 Å². The van der Waals surface area contributed by atoms with Crippen LogP contribution in [0.3, 0.4) is 0 Å². The number of carbonyl (C=O) groups is 6. The van der Waals surface area contributed by atoms with Gasteiger partial charge in [-0.25, -0.2) is 9.97 Å². The number of aromatic nitrogens is 4. The van der Waals surface area contributed by atoms with E-state index in [0.29, 0.717) is 29.2 Å². The van der Waals surface area contributed by atoms with Crippen molar-refractivity contribution in [1.82, 2.24) is 46.5 Å². The second-order valence-electron chi connectivity index (χ2n) is 10.4. The third-order valence-corrected chi connectivity index (χ3v) is 6.80. The Balaban J connectivity index is 1.35. The molecule has 0 aliphatic carbocycles. The predicted octanol–water partition coefficient (Wildman–Crippen LogP) is -1.95. The van der Waals surface area contributed by atoms with Gasteiger partial charge >= 0.3 is 5.97 Å². The number of nitrogens with one attached hydrogen (secondary N) is 7. The van der Waals surface area contributed by atoms with Crippen molar-refractivity contribution in [3.63, 3.8) is 0 Å². The van der Waals surface area contributed by atoms with Crippen LogP contribution in [0.1, 0.15) is 41.7 Å². The Kier molecular flexibility index (Phi) is 14.7. The van der Waals surface area contributed by atoms with E-state index in [1.807, 2.05) is 0 Å². The van der Waals surface area contributed by atoms with Crippen LogP contribution in [0.4, 0.5) is 11.6 Å². The molecule has 2 aromatic heterocycles. The Bertz CT molecular complexity index is 1720. The molecule has 10 N–H and O–H groups in total. The third kappa shape index (κ3) is 13.1. The van der Waals surface area contributed by atoms with Gasteiger partial charge in [0.15, 0.2) is 11.2 Å². The number of carbonyl (C=O) groups excluding carboxylic acids is 5. The lowest BCUT2D eigenvalue weighted by molar-refractivity contribution is -0.138. The lowest BCUT2D eigenvalue weighted by Crippen LogP contribution is -2.51. The van der Waals surface area contributed by atoms with Crippen molar-refractivity contribution in [3.8, 4) is 0 Å². The standard InChI is InChI=1S/C29H37N11O8S/c30-29-39-25-24(28(48)40-29)37-18(13-35-25)12-33-17-5-3-16(4-6-17)26(46)32-9-1-2-20(41)34-15-22(43)38-19(7-8-23(44)45)27(47)36-14-21(42)31-10-11-49/h3-6,13,19,33,49H,1-2,7-12,14-15H2,(H,31,42)(H,32,46)(H,34,41)(H,36,47)(H,38,43)(H,44,45)(H3,30,35,39,40,48)/t19-/m0/s1. The van der Waals surface area contributed by atoms with Crippen molar-refractivity contribution in [2.75, 3.05) is 43.0 Å². The highest BCUT2D eigenvalue weighted by Crippen LogP contribution is 2.12. The molecule has 0 fully saturated rings. The maximum atomic E-state index is 12.5. The fraction of sp³-hybridized carbons (Fsp3) is 0.379. The molecular weight excluding hydrogens is 662 g/mol. The molecule has 5 amide bonds. The Hall–Kier alpha value is -5.79. The summed E-state index contributed by atoms with van der Waals surface area (Å²) in [4.78, 5) is 98.9. The zero-order chi connectivity index (χ0) is 35.8. The van der Waals surface area contributed by atoms with Crippen molar-refractivity contribution in [2.24, 2.45) is 0 Å². The quantitative estimate of drug-likeness (QED) is 0.0481. The first kappa shape index (κ1) is 37.7. The number of nitrogens with two attached hydrogens (primary N) is 1. The van der Waals surface area contributed by atoms with Crippen LogP contribution < -0.4 is 43.2 Å². The van der Waals surface area contributed by atoms with Crippen molar-refractivity contribution < 1.29 is 33.9 Å². The summed E-state index contributed by atoms with van der Waals surface area (Å²) in [5, 5.41) is 24.4. The molecule has 3 rings (SSSR count). The summed E-state index contributed by atoms with van der Waals surface area (Å²) >= 11 is 3.96. The second kappa shape index (κ2) is 19.1. The van der Waals surface area contributed by atoms with E-state index in [-0.39, 0.29) is 61.9 Å². The first-order valence-electron chi connectivity index (χ1n) is 15.0. The number of thiol groups is 1. The number of hydrogen-bond donors (Lipinski definition) is 10. The summed E-state index contributed by atoms with van der Waals surface area (Å²) in [6, 6.07) is 5.36. The molecular formula is C29H37N11O8S. The number of carboxylic acid groups (broad SMARTS) is 1. The van der Waals surface area contributed by atoms with Gasteiger partial charge in [0.2, 0.25) is 29.6 Å². The number of nitrogens with zero attached hydrogens (tertiary/aromatic N) is 3. The van der Waals surface area contributed by atoms with E-state index in [1.54, 1.807) is 24.3 Å². The molecule has 262 valence electrons. The maximum absolute atomic E-state index is 12.5. The molecule has 49 heavy (non-hydrogen) atoms. The zero-order valence-corrected chi connectivity index (χ0v) is 27.1. The number of aromatic amines is 1. The number of hydrogen-bond acceptors (Lipinski definition) is 13. The molecule has 0 saturated heterocycles. The third-order valence-electron chi connectivity index (χ3n) is 6.57. The zero-order valence-electron chi connectivity index (χ0n) is 26.2. The lowest BCUT2D eigenvalue weighted by atomic mass is 10.1. The van der Waals surface area contributed by atoms with E-state index in [9.17, 15) is 33.6 Å². The SMILES string of the molecule is Nc1nc2ncc(CNc3ccc(C(=O)NCCCC(=O)NCC(=O)N[C@@H](CCC(=O)O)C(=O)NCC(=O)NCCS)cc3)nc2c(=O)[nH]1. The molecule has 1 atom stereocenters. The molecule has 1 aromatic carbocycles. The van der Waals surface area contributed by atoms with E-state index in [4.69, 9.17) is 10.8 Å². The first-order valence-corrected chi connectivity index (χ1v) is 15.6. The van der Waals surface area contributed by atoms with Gasteiger partial charge in [0.1, 0.15) is 6.04 Å². The monoisotopic (exact) mass is 699 g/mol. The van der Waals surface area contributed by atoms with Crippen LogP contribution in [-0.4, -0.2) is 98.5 Å². The molecule has 0 aliphatic heterocycles. The molecule has 0 spiro atoms. The topological polar surface area (TPSA) is 292 Å². The predicted molar refractivity (Wildman–Crippen MR) is 179 cm³/mol. The average Bonchev–Trinajstić information content (AvgIpc) is 3.08. The van der Waals surface area contributed by atoms with Gasteiger partial charge in [0.05, 0.1) is 31.5 Å². The van der Waals surface area contributed by atoms with Crippen LogP contribution in [0.2, 0.25) is 0 Å². The van der Waals surface area contributed by atoms with Crippen molar-refractivity contribution >= 4 is 70.9 Å². The van der Waals surface area contributed by atoms with Crippen LogP contribution in [0, 0.1) is 0 Å². The molecule has 0 aliphatic rings. The van der Waals surface area contributed by atoms with Crippen LogP contribution in [0.25, 0.3) is 11.2 Å². The van der Waals surface area contributed by atoms with E-state index in [2.05, 4.69) is 64.5 Å². The van der Waals surface area contributed by atoms with E-state index in [0.717, 1.165) is 0 Å². The Morgan fingerprint density at radius 1 is 0.898 bits per heavy atom. The van der Waals surface area contributed by atoms with Gasteiger partial charge in [-0.1, -0.05) is 0 Å². The summed E-state index contributed by atoms with van der Waals surface area (Å²) in [7, 11) is 0. The summed E-state index contributed by atoms with van der Waals surface area (Å²) < 4.78 is 0. The number of anilines is 2. The number of H-pyrrole nitrogens is 1. The fourth-order valence-corrected chi connectivity index (χ4v) is 4.25. The van der Waals surface area contributed by atoms with Gasteiger partial charge in [-0.3, -0.25) is 38.5 Å². The van der Waals surface area contributed by atoms with Gasteiger partial charge in [-0.15, -0.1) is 0 Å². The molecule has 0 saturated carbocycles. The van der Waals surface area contributed by atoms with Crippen LogP contribution in [0.15, 0.2) is 35.3 Å². The van der Waals surface area contributed by atoms with Crippen LogP contribution in [0.5, 0.6) is 0 Å². The molecule has 0 bridgehead atoms. The number of carboxylic acids is 1. The molecule has 20 heteroatoms. The van der Waals surface area contributed by atoms with Crippen molar-refractivity contribution in [2.45, 2.75) is 38.3 Å². The Morgan fingerprint density at radius 2 is 1.63 bits per heavy atom. The van der Waals surface area contributed by atoms with Gasteiger partial charge in [0.25, 0.3) is 11.5 Å². The van der Waals surface area contributed by atoms with Crippen LogP contribution >= 0.6 is 12.6 Å². The second-order valence-corrected chi connectivity index (χ2v) is 10.8. The molecule has 19 nitrogen and oxygen atoms in total. The summed E-state index contributed by atoms with van der Waals surface area (Å²) in [6.45, 7) is -0.117. The number of nitrogen functional groups attached to an aromatic ring is 1. The first-order chi connectivity index (χ1) is 23.4. The fourth-order valence-electron chi connectivity index (χ4n) is 4.14. The smallest absolute Gasteiger partial charge is 0.303 e. The molecule has 0 radical (unpaired) electrons. The number of amides is 5. The summed E-state index contributed by atoms with van der Waals surface area (Å²) in [5.74, 6) is -3.62. The number of aliphatic carboxylic acids is 1. The minimum absolute atomic E-state index is 0.00623. The van der Waals surface area contributed by atoms with Crippen molar-refractivity contribution in [3.05, 3.63) is 52.1 Å². The largest absolute Gasteiger partial charge is 0.481 e. The lowest BCUT2D eigenvalue weighted by Gasteiger charge is -2.18. The molecule has 3 aromatic rings. The van der Waals surface area contributed by atoms with E-state index < -0.39 is 54.2 Å². The number of benzene rings is 1. The van der Waals surface area contributed by atoms with Crippen molar-refractivity contribution in [1.29, 1.82) is 0 Å².